The number of halogens is 1. The fraction of sp³-hybridized carbons (Fsp3) is 0.500. The molecular weight excluding hydrogens is 274 g/mol. The summed E-state index contributed by atoms with van der Waals surface area (Å²) in [7, 11) is -1.70. The van der Waals surface area contributed by atoms with Crippen molar-refractivity contribution in [3.05, 3.63) is 34.9 Å². The van der Waals surface area contributed by atoms with Crippen molar-refractivity contribution >= 4 is 21.4 Å². The third-order valence-corrected chi connectivity index (χ3v) is 5.23. The Balaban J connectivity index is 2.39. The van der Waals surface area contributed by atoms with Gasteiger partial charge < -0.3 is 10.5 Å². The van der Waals surface area contributed by atoms with Crippen molar-refractivity contribution in [2.24, 2.45) is 5.73 Å². The molecule has 1 saturated carbocycles. The zero-order valence-corrected chi connectivity index (χ0v) is 11.8. The van der Waals surface area contributed by atoms with E-state index in [1.807, 2.05) is 6.07 Å². The molecule has 0 aromatic heterocycles. The summed E-state index contributed by atoms with van der Waals surface area (Å²) in [5.74, 6) is -0.258. The van der Waals surface area contributed by atoms with E-state index in [1.165, 1.54) is 13.4 Å². The van der Waals surface area contributed by atoms with E-state index in [0.29, 0.717) is 5.02 Å². The van der Waals surface area contributed by atoms with Crippen LogP contribution in [-0.4, -0.2) is 39.2 Å². The minimum atomic E-state index is -3.22. The van der Waals surface area contributed by atoms with Crippen LogP contribution in [0.2, 0.25) is 5.02 Å². The summed E-state index contributed by atoms with van der Waals surface area (Å²) in [6.07, 6.45) is 1.21. The molecule has 4 nitrogen and oxygen atoms in total. The zero-order chi connectivity index (χ0) is 13.6. The van der Waals surface area contributed by atoms with Gasteiger partial charge in [0.1, 0.15) is 0 Å². The molecule has 2 N–H and O–H groups in total. The van der Waals surface area contributed by atoms with Crippen LogP contribution in [0.1, 0.15) is 11.5 Å². The number of ether oxygens (including phenoxy) is 1. The van der Waals surface area contributed by atoms with E-state index in [-0.39, 0.29) is 12.5 Å². The van der Waals surface area contributed by atoms with Gasteiger partial charge >= 0.3 is 0 Å². The summed E-state index contributed by atoms with van der Waals surface area (Å²) in [6, 6.07) is 7.15. The fourth-order valence-corrected chi connectivity index (χ4v) is 4.71. The quantitative estimate of drug-likeness (QED) is 0.904. The van der Waals surface area contributed by atoms with Crippen LogP contribution in [0.3, 0.4) is 0 Å². The lowest BCUT2D eigenvalue weighted by atomic mass is 10.1. The first-order valence-corrected chi connectivity index (χ1v) is 7.86. The third kappa shape index (κ3) is 2.28. The Labute approximate surface area is 112 Å². The highest BCUT2D eigenvalue weighted by Gasteiger charge is 2.67. The van der Waals surface area contributed by atoms with Gasteiger partial charge in [-0.05, 0) is 17.7 Å². The van der Waals surface area contributed by atoms with E-state index in [0.717, 1.165) is 5.56 Å². The van der Waals surface area contributed by atoms with Crippen LogP contribution in [0, 0.1) is 0 Å². The molecule has 6 heteroatoms. The van der Waals surface area contributed by atoms with Crippen LogP contribution in [0.5, 0.6) is 0 Å². The van der Waals surface area contributed by atoms with Gasteiger partial charge in [0, 0.05) is 24.3 Å². The van der Waals surface area contributed by atoms with Crippen LogP contribution in [-0.2, 0) is 14.6 Å². The predicted octanol–water partition coefficient (Wildman–Crippen LogP) is 1.19. The first-order chi connectivity index (χ1) is 8.30. The zero-order valence-electron chi connectivity index (χ0n) is 10.3. The molecule has 2 rings (SSSR count). The van der Waals surface area contributed by atoms with E-state index in [9.17, 15) is 8.42 Å². The number of rotatable bonds is 4. The lowest BCUT2D eigenvalue weighted by Gasteiger charge is -2.10. The highest BCUT2D eigenvalue weighted by Crippen LogP contribution is 2.54. The minimum Gasteiger partial charge on any atom is -0.383 e. The second-order valence-electron chi connectivity index (χ2n) is 4.83. The molecule has 0 amide bonds. The van der Waals surface area contributed by atoms with Gasteiger partial charge in [-0.3, -0.25) is 0 Å². The van der Waals surface area contributed by atoms with Crippen molar-refractivity contribution in [1.29, 1.82) is 0 Å². The van der Waals surface area contributed by atoms with Gasteiger partial charge in [0.2, 0.25) is 0 Å². The van der Waals surface area contributed by atoms with Crippen molar-refractivity contribution in [3.63, 3.8) is 0 Å². The Morgan fingerprint density at radius 1 is 1.50 bits per heavy atom. The molecule has 1 aromatic carbocycles. The maximum atomic E-state index is 11.8. The topological polar surface area (TPSA) is 69.4 Å². The van der Waals surface area contributed by atoms with Crippen LogP contribution < -0.4 is 5.73 Å². The lowest BCUT2D eigenvalue weighted by Crippen LogP contribution is -2.35. The molecule has 100 valence electrons. The molecule has 0 saturated heterocycles. The summed E-state index contributed by atoms with van der Waals surface area (Å²) in [5.41, 5.74) is 6.16. The van der Waals surface area contributed by atoms with Crippen molar-refractivity contribution in [1.82, 2.24) is 0 Å². The molecule has 0 spiro atoms. The largest absolute Gasteiger partial charge is 0.383 e. The summed E-state index contributed by atoms with van der Waals surface area (Å²) in [6.45, 7) is 0.210. The van der Waals surface area contributed by atoms with Crippen molar-refractivity contribution in [2.45, 2.75) is 16.7 Å². The molecule has 1 fully saturated rings. The first-order valence-electron chi connectivity index (χ1n) is 5.53. The molecule has 0 aliphatic heterocycles. The molecule has 1 aliphatic carbocycles. The molecule has 3 atom stereocenters. The molecule has 0 radical (unpaired) electrons. The molecule has 0 unspecified atom stereocenters. The number of benzene rings is 1. The summed E-state index contributed by atoms with van der Waals surface area (Å²) in [4.78, 5) is 0. The Hall–Kier alpha value is -0.620. The standard InChI is InChI=1S/C12H16ClNO3S/c1-17-7-12(14)10(11(12)18(2,15)16)8-4-3-5-9(13)6-8/h3-6,10-11H,7,14H2,1-2H3/t10-,11-,12+/m0/s1. The number of hydrogen-bond acceptors (Lipinski definition) is 4. The van der Waals surface area contributed by atoms with Gasteiger partial charge in [-0.15, -0.1) is 0 Å². The van der Waals surface area contributed by atoms with Crippen LogP contribution in [0.4, 0.5) is 0 Å². The third-order valence-electron chi connectivity index (χ3n) is 3.37. The maximum Gasteiger partial charge on any atom is 0.152 e. The van der Waals surface area contributed by atoms with Gasteiger partial charge in [0.25, 0.3) is 0 Å². The van der Waals surface area contributed by atoms with Crippen molar-refractivity contribution < 1.29 is 13.2 Å². The molecule has 0 heterocycles. The van der Waals surface area contributed by atoms with E-state index in [4.69, 9.17) is 22.1 Å². The average Bonchev–Trinajstić information content (AvgIpc) is 2.85. The monoisotopic (exact) mass is 289 g/mol. The lowest BCUT2D eigenvalue weighted by molar-refractivity contribution is 0.171. The van der Waals surface area contributed by atoms with Gasteiger partial charge in [-0.2, -0.15) is 0 Å². The van der Waals surface area contributed by atoms with Gasteiger partial charge in [0.15, 0.2) is 9.84 Å². The Kier molecular flexibility index (Phi) is 3.44. The molecule has 1 aliphatic rings. The van der Waals surface area contributed by atoms with E-state index < -0.39 is 20.6 Å². The number of hydrogen-bond donors (Lipinski definition) is 1. The van der Waals surface area contributed by atoms with Gasteiger partial charge in [-0.1, -0.05) is 23.7 Å². The number of sulfone groups is 1. The maximum absolute atomic E-state index is 11.8. The molecular formula is C12H16ClNO3S. The minimum absolute atomic E-state index is 0.210. The number of nitrogens with two attached hydrogens (primary N) is 1. The predicted molar refractivity (Wildman–Crippen MR) is 71.6 cm³/mol. The summed E-state index contributed by atoms with van der Waals surface area (Å²) in [5, 5.41) is -0.0326. The van der Waals surface area contributed by atoms with Crippen molar-refractivity contribution in [3.8, 4) is 0 Å². The number of methoxy groups -OCH3 is 1. The van der Waals surface area contributed by atoms with E-state index in [2.05, 4.69) is 0 Å². The summed E-state index contributed by atoms with van der Waals surface area (Å²) >= 11 is 5.93. The van der Waals surface area contributed by atoms with E-state index >= 15 is 0 Å². The Morgan fingerprint density at radius 2 is 2.17 bits per heavy atom. The van der Waals surface area contributed by atoms with Crippen LogP contribution >= 0.6 is 11.6 Å². The van der Waals surface area contributed by atoms with Crippen molar-refractivity contribution in [2.75, 3.05) is 20.0 Å². The fourth-order valence-electron chi connectivity index (χ4n) is 2.68. The highest BCUT2D eigenvalue weighted by atomic mass is 35.5. The Bertz CT molecular complexity index is 560. The summed E-state index contributed by atoms with van der Waals surface area (Å²) < 4.78 is 28.6. The normalized spacial score (nSPS) is 31.3. The first kappa shape index (κ1) is 13.8. The van der Waals surface area contributed by atoms with Gasteiger partial charge in [0.05, 0.1) is 17.4 Å². The molecule has 0 bridgehead atoms. The molecule has 18 heavy (non-hydrogen) atoms. The van der Waals surface area contributed by atoms with Crippen LogP contribution in [0.15, 0.2) is 24.3 Å². The second kappa shape index (κ2) is 4.49. The smallest absolute Gasteiger partial charge is 0.152 e. The Morgan fingerprint density at radius 3 is 2.67 bits per heavy atom. The second-order valence-corrected chi connectivity index (χ2v) is 7.43. The average molecular weight is 290 g/mol. The molecule has 1 aromatic rings. The van der Waals surface area contributed by atoms with Crippen LogP contribution in [0.25, 0.3) is 0 Å². The highest BCUT2D eigenvalue weighted by molar-refractivity contribution is 7.91. The SMILES string of the molecule is COC[C@@]1(N)[C@@H](c2cccc(Cl)c2)[C@@H]1S(C)(=O)=O. The van der Waals surface area contributed by atoms with Gasteiger partial charge in [-0.25, -0.2) is 8.42 Å². The van der Waals surface area contributed by atoms with E-state index in [1.54, 1.807) is 18.2 Å².